The van der Waals surface area contributed by atoms with Gasteiger partial charge in [-0.05, 0) is 43.0 Å². The van der Waals surface area contributed by atoms with Gasteiger partial charge in [-0.3, -0.25) is 4.79 Å². The summed E-state index contributed by atoms with van der Waals surface area (Å²) in [4.78, 5) is 11.8. The Morgan fingerprint density at radius 1 is 1.13 bits per heavy atom. The van der Waals surface area contributed by atoms with Crippen LogP contribution >= 0.6 is 0 Å². The summed E-state index contributed by atoms with van der Waals surface area (Å²) in [5.74, 6) is -0.706. The Labute approximate surface area is 136 Å². The first-order valence-corrected chi connectivity index (χ1v) is 8.71. The van der Waals surface area contributed by atoms with E-state index in [0.29, 0.717) is 5.56 Å². The summed E-state index contributed by atoms with van der Waals surface area (Å²) in [6.07, 6.45) is 0.209. The Balaban J connectivity index is 2.28. The van der Waals surface area contributed by atoms with Crippen molar-refractivity contribution < 1.29 is 13.2 Å². The zero-order valence-corrected chi connectivity index (χ0v) is 13.9. The minimum Gasteiger partial charge on any atom is -0.368 e. The average molecular weight is 332 g/mol. The highest BCUT2D eigenvalue weighted by atomic mass is 32.2. The van der Waals surface area contributed by atoms with Gasteiger partial charge >= 0.3 is 0 Å². The fourth-order valence-corrected chi connectivity index (χ4v) is 3.83. The van der Waals surface area contributed by atoms with E-state index in [1.807, 2.05) is 43.3 Å². The molecule has 0 radical (unpaired) electrons. The van der Waals surface area contributed by atoms with E-state index in [0.717, 1.165) is 11.1 Å². The van der Waals surface area contributed by atoms with E-state index in [1.165, 1.54) is 0 Å². The number of sulfonamides is 1. The average Bonchev–Trinajstić information content (AvgIpc) is 2.49. The Morgan fingerprint density at radius 3 is 2.39 bits per heavy atom. The highest BCUT2D eigenvalue weighted by Crippen LogP contribution is 2.17. The standard InChI is InChI=1S/C17H20N2O3S/c1-12-8-9-13(2)16(10-12)23(21,22)19-15(17(18)20)11-14-6-4-3-5-7-14/h3-10,15,19H,11H2,1-2H3,(H2,18,20)/t15-/m1/s1. The maximum atomic E-state index is 12.6. The van der Waals surface area contributed by atoms with E-state index < -0.39 is 22.0 Å². The van der Waals surface area contributed by atoms with Crippen LogP contribution in [0.4, 0.5) is 0 Å². The molecule has 1 atom stereocenters. The number of rotatable bonds is 6. The van der Waals surface area contributed by atoms with Gasteiger partial charge in [0.15, 0.2) is 0 Å². The molecule has 6 heteroatoms. The minimum atomic E-state index is -3.83. The van der Waals surface area contributed by atoms with E-state index in [4.69, 9.17) is 5.73 Å². The molecule has 0 aromatic heterocycles. The Morgan fingerprint density at radius 2 is 1.78 bits per heavy atom. The molecule has 0 aliphatic carbocycles. The lowest BCUT2D eigenvalue weighted by Gasteiger charge is -2.17. The van der Waals surface area contributed by atoms with Crippen LogP contribution in [0.15, 0.2) is 53.4 Å². The van der Waals surface area contributed by atoms with Gasteiger partial charge in [0.05, 0.1) is 4.90 Å². The van der Waals surface area contributed by atoms with Gasteiger partial charge in [-0.2, -0.15) is 4.72 Å². The lowest BCUT2D eigenvalue weighted by atomic mass is 10.1. The van der Waals surface area contributed by atoms with Crippen LogP contribution in [0.3, 0.4) is 0 Å². The van der Waals surface area contributed by atoms with Crippen molar-refractivity contribution in [1.82, 2.24) is 4.72 Å². The van der Waals surface area contributed by atoms with E-state index in [2.05, 4.69) is 4.72 Å². The fourth-order valence-electron chi connectivity index (χ4n) is 2.30. The van der Waals surface area contributed by atoms with Crippen LogP contribution in [0.2, 0.25) is 0 Å². The lowest BCUT2D eigenvalue weighted by molar-refractivity contribution is -0.119. The smallest absolute Gasteiger partial charge is 0.241 e. The number of carbonyl (C=O) groups excluding carboxylic acids is 1. The summed E-state index contributed by atoms with van der Waals surface area (Å²) in [6, 6.07) is 13.3. The molecule has 122 valence electrons. The number of nitrogens with one attached hydrogen (secondary N) is 1. The monoisotopic (exact) mass is 332 g/mol. The third-order valence-corrected chi connectivity index (χ3v) is 5.17. The van der Waals surface area contributed by atoms with Crippen LogP contribution in [-0.2, 0) is 21.2 Å². The Bertz CT molecular complexity index is 802. The zero-order chi connectivity index (χ0) is 17.0. The molecule has 0 spiro atoms. The number of amides is 1. The van der Waals surface area contributed by atoms with E-state index in [9.17, 15) is 13.2 Å². The Kier molecular flexibility index (Phi) is 5.18. The maximum Gasteiger partial charge on any atom is 0.241 e. The van der Waals surface area contributed by atoms with Gasteiger partial charge in [-0.1, -0.05) is 42.5 Å². The second-order valence-electron chi connectivity index (χ2n) is 5.53. The first kappa shape index (κ1) is 17.2. The van der Waals surface area contributed by atoms with E-state index >= 15 is 0 Å². The van der Waals surface area contributed by atoms with Gasteiger partial charge in [-0.15, -0.1) is 0 Å². The van der Waals surface area contributed by atoms with Crippen molar-refractivity contribution in [3.8, 4) is 0 Å². The molecule has 0 fully saturated rings. The zero-order valence-electron chi connectivity index (χ0n) is 13.1. The first-order chi connectivity index (χ1) is 10.8. The van der Waals surface area contributed by atoms with Gasteiger partial charge in [0.2, 0.25) is 15.9 Å². The normalized spacial score (nSPS) is 12.8. The van der Waals surface area contributed by atoms with Crippen LogP contribution in [0.1, 0.15) is 16.7 Å². The largest absolute Gasteiger partial charge is 0.368 e. The number of primary amides is 1. The molecule has 1 amide bonds. The molecular weight excluding hydrogens is 312 g/mol. The molecule has 3 N–H and O–H groups in total. The third kappa shape index (κ3) is 4.40. The second-order valence-corrected chi connectivity index (χ2v) is 7.22. The predicted octanol–water partition coefficient (Wildman–Crippen LogP) is 1.68. The topological polar surface area (TPSA) is 89.3 Å². The molecule has 0 aliphatic rings. The number of hydrogen-bond acceptors (Lipinski definition) is 3. The van der Waals surface area contributed by atoms with Crippen LogP contribution in [0, 0.1) is 13.8 Å². The molecule has 0 bridgehead atoms. The van der Waals surface area contributed by atoms with Crippen LogP contribution in [0.5, 0.6) is 0 Å². The highest BCUT2D eigenvalue weighted by Gasteiger charge is 2.25. The van der Waals surface area contributed by atoms with Crippen molar-refractivity contribution in [2.24, 2.45) is 5.73 Å². The van der Waals surface area contributed by atoms with Gasteiger partial charge in [0.25, 0.3) is 0 Å². The van der Waals surface area contributed by atoms with Crippen molar-refractivity contribution in [1.29, 1.82) is 0 Å². The number of nitrogens with two attached hydrogens (primary N) is 1. The minimum absolute atomic E-state index is 0.164. The summed E-state index contributed by atoms with van der Waals surface area (Å²) in [6.45, 7) is 3.53. The molecule has 5 nitrogen and oxygen atoms in total. The SMILES string of the molecule is Cc1ccc(C)c(S(=O)(=O)N[C@H](Cc2ccccc2)C(N)=O)c1. The van der Waals surface area contributed by atoms with Gasteiger partial charge in [-0.25, -0.2) is 8.42 Å². The van der Waals surface area contributed by atoms with Crippen molar-refractivity contribution in [3.63, 3.8) is 0 Å². The number of hydrogen-bond donors (Lipinski definition) is 2. The summed E-state index contributed by atoms with van der Waals surface area (Å²) >= 11 is 0. The molecule has 0 aliphatic heterocycles. The molecule has 0 heterocycles. The van der Waals surface area contributed by atoms with E-state index in [1.54, 1.807) is 19.1 Å². The molecule has 2 rings (SSSR count). The summed E-state index contributed by atoms with van der Waals surface area (Å²) in [5, 5.41) is 0. The first-order valence-electron chi connectivity index (χ1n) is 7.22. The quantitative estimate of drug-likeness (QED) is 0.843. The summed E-state index contributed by atoms with van der Waals surface area (Å²) < 4.78 is 27.6. The van der Waals surface area contributed by atoms with Crippen LogP contribution in [0.25, 0.3) is 0 Å². The lowest BCUT2D eigenvalue weighted by Crippen LogP contribution is -2.45. The number of carbonyl (C=O) groups is 1. The molecule has 2 aromatic carbocycles. The predicted molar refractivity (Wildman–Crippen MR) is 89.4 cm³/mol. The summed E-state index contributed by atoms with van der Waals surface area (Å²) in [5.41, 5.74) is 7.65. The van der Waals surface area contributed by atoms with Crippen molar-refractivity contribution in [2.45, 2.75) is 31.2 Å². The van der Waals surface area contributed by atoms with Crippen LogP contribution in [-0.4, -0.2) is 20.4 Å². The molecule has 0 saturated carbocycles. The van der Waals surface area contributed by atoms with Gasteiger partial charge in [0, 0.05) is 0 Å². The van der Waals surface area contributed by atoms with Crippen LogP contribution < -0.4 is 10.5 Å². The van der Waals surface area contributed by atoms with Gasteiger partial charge in [0.1, 0.15) is 6.04 Å². The maximum absolute atomic E-state index is 12.6. The molecular formula is C17H20N2O3S. The molecule has 23 heavy (non-hydrogen) atoms. The van der Waals surface area contributed by atoms with Crippen molar-refractivity contribution in [3.05, 3.63) is 65.2 Å². The molecule has 0 unspecified atom stereocenters. The second kappa shape index (κ2) is 6.93. The summed E-state index contributed by atoms with van der Waals surface area (Å²) in [7, 11) is -3.83. The number of benzene rings is 2. The fraction of sp³-hybridized carbons (Fsp3) is 0.235. The van der Waals surface area contributed by atoms with Crippen molar-refractivity contribution >= 4 is 15.9 Å². The Hall–Kier alpha value is -2.18. The molecule has 2 aromatic rings. The molecule has 0 saturated heterocycles. The highest BCUT2D eigenvalue weighted by molar-refractivity contribution is 7.89. The third-order valence-electron chi connectivity index (χ3n) is 3.56. The number of aryl methyl sites for hydroxylation is 2. The van der Waals surface area contributed by atoms with E-state index in [-0.39, 0.29) is 11.3 Å². The van der Waals surface area contributed by atoms with Crippen molar-refractivity contribution in [2.75, 3.05) is 0 Å². The van der Waals surface area contributed by atoms with Gasteiger partial charge < -0.3 is 5.73 Å².